The summed E-state index contributed by atoms with van der Waals surface area (Å²) in [6.07, 6.45) is 10.4. The van der Waals surface area contributed by atoms with E-state index >= 15 is 0 Å². The first-order valence-electron chi connectivity index (χ1n) is 12.9. The Kier molecular flexibility index (Phi) is 8.47. The molecular weight excluding hydrogens is 452 g/mol. The summed E-state index contributed by atoms with van der Waals surface area (Å²) in [5, 5.41) is 6.25. The maximum Gasteiger partial charge on any atom is 0.317 e. The van der Waals surface area contributed by atoms with Gasteiger partial charge in [0.1, 0.15) is 0 Å². The van der Waals surface area contributed by atoms with Gasteiger partial charge in [-0.05, 0) is 56.2 Å². The van der Waals surface area contributed by atoms with Crippen molar-refractivity contribution in [3.05, 3.63) is 29.8 Å². The van der Waals surface area contributed by atoms with Gasteiger partial charge in [-0.25, -0.2) is 13.2 Å². The summed E-state index contributed by atoms with van der Waals surface area (Å²) >= 11 is 0. The van der Waals surface area contributed by atoms with Crippen LogP contribution in [0, 0.1) is 0 Å². The molecule has 0 atom stereocenters. The van der Waals surface area contributed by atoms with Crippen LogP contribution >= 0.6 is 0 Å². The first-order chi connectivity index (χ1) is 16.4. The van der Waals surface area contributed by atoms with Gasteiger partial charge in [-0.3, -0.25) is 4.79 Å². The van der Waals surface area contributed by atoms with Crippen LogP contribution in [0.3, 0.4) is 0 Å². The normalized spacial score (nSPS) is 21.2. The number of nitrogens with one attached hydrogen (secondary N) is 2. The second-order valence-electron chi connectivity index (χ2n) is 9.90. The predicted molar refractivity (Wildman–Crippen MR) is 131 cm³/mol. The standard InChI is InChI=1S/C25H38N4O4S/c30-24(19-20-9-11-23(12-10-20)34(32,33)29-15-5-2-6-16-29)26-22-13-17-28(18-14-22)25(31)27-21-7-3-1-4-8-21/h9-12,21-22H,1-8,13-19H2,(H,26,30)(H,27,31). The van der Waals surface area contributed by atoms with Gasteiger partial charge in [-0.2, -0.15) is 4.31 Å². The zero-order valence-corrected chi connectivity index (χ0v) is 20.8. The molecule has 3 fully saturated rings. The Hall–Kier alpha value is -2.13. The molecule has 0 aromatic heterocycles. The molecule has 2 heterocycles. The summed E-state index contributed by atoms with van der Waals surface area (Å²) in [7, 11) is -3.46. The maximum absolute atomic E-state index is 12.8. The molecule has 0 bridgehead atoms. The Morgan fingerprint density at radius 1 is 0.765 bits per heavy atom. The van der Waals surface area contributed by atoms with Gasteiger partial charge < -0.3 is 15.5 Å². The number of likely N-dealkylation sites (tertiary alicyclic amines) is 1. The molecule has 1 aromatic rings. The molecule has 2 N–H and O–H groups in total. The first kappa shape index (κ1) is 25.0. The van der Waals surface area contributed by atoms with Gasteiger partial charge in [0.2, 0.25) is 15.9 Å². The number of carbonyl (C=O) groups is 2. The van der Waals surface area contributed by atoms with Crippen molar-refractivity contribution in [2.24, 2.45) is 0 Å². The molecular formula is C25H38N4O4S. The van der Waals surface area contributed by atoms with Gasteiger partial charge in [0.05, 0.1) is 11.3 Å². The minimum atomic E-state index is -3.46. The summed E-state index contributed by atoms with van der Waals surface area (Å²) < 4.78 is 27.1. The van der Waals surface area contributed by atoms with Crippen molar-refractivity contribution in [1.82, 2.24) is 19.8 Å². The fourth-order valence-corrected chi connectivity index (χ4v) is 6.75. The van der Waals surface area contributed by atoms with Crippen LogP contribution in [0.1, 0.15) is 69.8 Å². The number of piperidine rings is 2. The lowest BCUT2D eigenvalue weighted by Gasteiger charge is -2.34. The quantitative estimate of drug-likeness (QED) is 0.640. The van der Waals surface area contributed by atoms with Crippen LogP contribution in [0.4, 0.5) is 4.79 Å². The van der Waals surface area contributed by atoms with E-state index in [-0.39, 0.29) is 29.3 Å². The Balaban J connectivity index is 1.21. The summed E-state index contributed by atoms with van der Waals surface area (Å²) in [4.78, 5) is 27.2. The van der Waals surface area contributed by atoms with E-state index in [1.807, 2.05) is 4.90 Å². The fourth-order valence-electron chi connectivity index (χ4n) is 5.24. The third-order valence-electron chi connectivity index (χ3n) is 7.32. The van der Waals surface area contributed by atoms with Crippen molar-refractivity contribution in [2.45, 2.75) is 87.6 Å². The van der Waals surface area contributed by atoms with Crippen LogP contribution in [0.15, 0.2) is 29.2 Å². The first-order valence-corrected chi connectivity index (χ1v) is 14.3. The van der Waals surface area contributed by atoms with E-state index in [1.54, 1.807) is 28.6 Å². The monoisotopic (exact) mass is 490 g/mol. The van der Waals surface area contributed by atoms with Crippen LogP contribution in [0.2, 0.25) is 0 Å². The molecule has 1 aliphatic carbocycles. The molecule has 3 aliphatic rings. The maximum atomic E-state index is 12.8. The molecule has 34 heavy (non-hydrogen) atoms. The highest BCUT2D eigenvalue weighted by Gasteiger charge is 2.27. The van der Waals surface area contributed by atoms with E-state index in [2.05, 4.69) is 10.6 Å². The van der Waals surface area contributed by atoms with Crippen LogP contribution in [-0.4, -0.2) is 67.8 Å². The van der Waals surface area contributed by atoms with E-state index in [1.165, 1.54) is 19.3 Å². The van der Waals surface area contributed by atoms with E-state index < -0.39 is 10.0 Å². The largest absolute Gasteiger partial charge is 0.353 e. The molecule has 1 saturated carbocycles. The predicted octanol–water partition coefficient (Wildman–Crippen LogP) is 3.03. The van der Waals surface area contributed by atoms with E-state index in [0.29, 0.717) is 32.2 Å². The molecule has 1 aromatic carbocycles. The van der Waals surface area contributed by atoms with Gasteiger partial charge in [0, 0.05) is 38.3 Å². The molecule has 2 aliphatic heterocycles. The molecule has 4 rings (SSSR count). The van der Waals surface area contributed by atoms with Crippen molar-refractivity contribution in [3.63, 3.8) is 0 Å². The molecule has 9 heteroatoms. The number of rotatable bonds is 6. The number of sulfonamides is 1. The topological polar surface area (TPSA) is 98.8 Å². The Morgan fingerprint density at radius 2 is 1.35 bits per heavy atom. The zero-order valence-electron chi connectivity index (χ0n) is 20.0. The summed E-state index contributed by atoms with van der Waals surface area (Å²) in [5.74, 6) is -0.0725. The number of carbonyl (C=O) groups excluding carboxylic acids is 2. The van der Waals surface area contributed by atoms with Crippen molar-refractivity contribution in [1.29, 1.82) is 0 Å². The molecule has 3 amide bonds. The van der Waals surface area contributed by atoms with Crippen molar-refractivity contribution >= 4 is 22.0 Å². The number of nitrogens with zero attached hydrogens (tertiary/aromatic N) is 2. The van der Waals surface area contributed by atoms with Crippen molar-refractivity contribution in [3.8, 4) is 0 Å². The summed E-state index contributed by atoms with van der Waals surface area (Å²) in [6, 6.07) is 7.07. The highest BCUT2D eigenvalue weighted by atomic mass is 32.2. The van der Waals surface area contributed by atoms with E-state index in [0.717, 1.165) is 50.5 Å². The molecule has 0 spiro atoms. The summed E-state index contributed by atoms with van der Waals surface area (Å²) in [6.45, 7) is 2.44. The average Bonchev–Trinajstić information content (AvgIpc) is 2.86. The minimum Gasteiger partial charge on any atom is -0.353 e. The van der Waals surface area contributed by atoms with Gasteiger partial charge >= 0.3 is 6.03 Å². The van der Waals surface area contributed by atoms with Gasteiger partial charge in [0.25, 0.3) is 0 Å². The highest BCUT2D eigenvalue weighted by molar-refractivity contribution is 7.89. The number of benzene rings is 1. The molecule has 0 radical (unpaired) electrons. The molecule has 188 valence electrons. The Labute approximate surface area is 203 Å². The van der Waals surface area contributed by atoms with E-state index in [9.17, 15) is 18.0 Å². The van der Waals surface area contributed by atoms with Crippen molar-refractivity contribution < 1.29 is 18.0 Å². The summed E-state index contributed by atoms with van der Waals surface area (Å²) in [5.41, 5.74) is 0.791. The van der Waals surface area contributed by atoms with Crippen LogP contribution < -0.4 is 10.6 Å². The van der Waals surface area contributed by atoms with Gasteiger partial charge in [-0.1, -0.05) is 37.8 Å². The van der Waals surface area contributed by atoms with Gasteiger partial charge in [0.15, 0.2) is 0 Å². The van der Waals surface area contributed by atoms with Gasteiger partial charge in [-0.15, -0.1) is 0 Å². The third-order valence-corrected chi connectivity index (χ3v) is 9.23. The number of amides is 3. The molecule has 2 saturated heterocycles. The highest BCUT2D eigenvalue weighted by Crippen LogP contribution is 2.21. The SMILES string of the molecule is O=C(Cc1ccc(S(=O)(=O)N2CCCCC2)cc1)NC1CCN(C(=O)NC2CCCCC2)CC1. The Bertz CT molecular complexity index is 930. The fraction of sp³-hybridized carbons (Fsp3) is 0.680. The van der Waals surface area contributed by atoms with Crippen LogP contribution in [0.25, 0.3) is 0 Å². The molecule has 8 nitrogen and oxygen atoms in total. The average molecular weight is 491 g/mol. The smallest absolute Gasteiger partial charge is 0.317 e. The number of hydrogen-bond donors (Lipinski definition) is 2. The zero-order chi connectivity index (χ0) is 24.0. The lowest BCUT2D eigenvalue weighted by molar-refractivity contribution is -0.121. The molecule has 0 unspecified atom stereocenters. The van der Waals surface area contributed by atoms with Crippen molar-refractivity contribution in [2.75, 3.05) is 26.2 Å². The second kappa shape index (κ2) is 11.5. The minimum absolute atomic E-state index is 0.0243. The van der Waals surface area contributed by atoms with Crippen LogP contribution in [-0.2, 0) is 21.2 Å². The lowest BCUT2D eigenvalue weighted by atomic mass is 9.95. The second-order valence-corrected chi connectivity index (χ2v) is 11.8. The number of hydrogen-bond acceptors (Lipinski definition) is 4. The third kappa shape index (κ3) is 6.50. The lowest BCUT2D eigenvalue weighted by Crippen LogP contribution is -2.51. The van der Waals surface area contributed by atoms with Crippen LogP contribution in [0.5, 0.6) is 0 Å². The number of urea groups is 1. The van der Waals surface area contributed by atoms with E-state index in [4.69, 9.17) is 0 Å². The Morgan fingerprint density at radius 3 is 2.00 bits per heavy atom.